The lowest BCUT2D eigenvalue weighted by Gasteiger charge is -2.44. The number of nitrogens with zero attached hydrogens (tertiary/aromatic N) is 2. The maximum Gasteiger partial charge on any atom is 0.246 e. The minimum Gasteiger partial charge on any atom is -0.342 e. The van der Waals surface area contributed by atoms with E-state index in [0.29, 0.717) is 13.0 Å². The molecule has 1 aromatic heterocycles. The lowest BCUT2D eigenvalue weighted by Crippen LogP contribution is -2.67. The van der Waals surface area contributed by atoms with Crippen LogP contribution in [-0.2, 0) is 16.1 Å². The molecule has 0 bridgehead atoms. The van der Waals surface area contributed by atoms with E-state index in [4.69, 9.17) is 0 Å². The van der Waals surface area contributed by atoms with E-state index in [9.17, 15) is 9.59 Å². The Morgan fingerprint density at radius 2 is 2.10 bits per heavy atom. The number of amides is 2. The number of pyridine rings is 1. The van der Waals surface area contributed by atoms with Crippen molar-refractivity contribution < 1.29 is 9.59 Å². The van der Waals surface area contributed by atoms with Crippen LogP contribution in [0.3, 0.4) is 0 Å². The number of rotatable bonds is 3. The fourth-order valence-electron chi connectivity index (χ4n) is 2.37. The number of nitrogens with one attached hydrogen (secondary N) is 1. The molecule has 1 N–H and O–H groups in total. The summed E-state index contributed by atoms with van der Waals surface area (Å²) in [4.78, 5) is 30.7. The van der Waals surface area contributed by atoms with Gasteiger partial charge in [0.15, 0.2) is 0 Å². The van der Waals surface area contributed by atoms with Gasteiger partial charge in [0.05, 0.1) is 12.2 Å². The minimum absolute atomic E-state index is 0.0397. The average Bonchev–Trinajstić information content (AvgIpc) is 2.41. The Hall–Kier alpha value is -1.91. The fourth-order valence-corrected chi connectivity index (χ4v) is 2.37. The molecule has 1 atom stereocenters. The Labute approximate surface area is 119 Å². The lowest BCUT2D eigenvalue weighted by atomic mass is 9.94. The molecular formula is C15H21N3O2. The normalized spacial score (nSPS) is 21.8. The first-order valence-corrected chi connectivity index (χ1v) is 6.91. The van der Waals surface area contributed by atoms with Gasteiger partial charge in [-0.15, -0.1) is 0 Å². The molecule has 1 aromatic rings. The van der Waals surface area contributed by atoms with Gasteiger partial charge in [-0.05, 0) is 38.8 Å². The van der Waals surface area contributed by atoms with Gasteiger partial charge in [0.2, 0.25) is 11.8 Å². The zero-order chi connectivity index (χ0) is 14.9. The predicted octanol–water partition coefficient (Wildman–Crippen LogP) is 1.41. The maximum atomic E-state index is 12.5. The van der Waals surface area contributed by atoms with Gasteiger partial charge in [0, 0.05) is 6.20 Å². The van der Waals surface area contributed by atoms with E-state index in [0.717, 1.165) is 11.3 Å². The molecule has 1 aliphatic heterocycles. The minimum atomic E-state index is -0.854. The Bertz CT molecular complexity index is 540. The van der Waals surface area contributed by atoms with E-state index in [2.05, 4.69) is 10.3 Å². The highest BCUT2D eigenvalue weighted by Gasteiger charge is 2.45. The van der Waals surface area contributed by atoms with Crippen molar-refractivity contribution in [3.05, 3.63) is 29.6 Å². The van der Waals surface area contributed by atoms with Crippen LogP contribution in [0.4, 0.5) is 0 Å². The monoisotopic (exact) mass is 275 g/mol. The number of aryl methyl sites for hydroxylation is 1. The number of piperazine rings is 1. The summed E-state index contributed by atoms with van der Waals surface area (Å²) in [6.45, 7) is 7.75. The van der Waals surface area contributed by atoms with Crippen molar-refractivity contribution in [3.63, 3.8) is 0 Å². The highest BCUT2D eigenvalue weighted by atomic mass is 16.2. The van der Waals surface area contributed by atoms with Crippen molar-refractivity contribution in [3.8, 4) is 0 Å². The molecule has 0 spiro atoms. The quantitative estimate of drug-likeness (QED) is 0.907. The first-order valence-electron chi connectivity index (χ1n) is 6.91. The summed E-state index contributed by atoms with van der Waals surface area (Å²) in [5.74, 6) is -0.153. The third-order valence-corrected chi connectivity index (χ3v) is 3.93. The zero-order valence-electron chi connectivity index (χ0n) is 12.4. The SMILES string of the molecule is CCC1NC(=O)C(C)(C)N(Cc2ncccc2C)C1=O. The van der Waals surface area contributed by atoms with Crippen LogP contribution in [0.15, 0.2) is 18.3 Å². The lowest BCUT2D eigenvalue weighted by molar-refractivity contribution is -0.156. The Balaban J connectivity index is 2.33. The van der Waals surface area contributed by atoms with Gasteiger partial charge in [-0.2, -0.15) is 0 Å². The first-order chi connectivity index (χ1) is 9.37. The van der Waals surface area contributed by atoms with Gasteiger partial charge >= 0.3 is 0 Å². The third kappa shape index (κ3) is 2.40. The average molecular weight is 275 g/mol. The highest BCUT2D eigenvalue weighted by Crippen LogP contribution is 2.24. The van der Waals surface area contributed by atoms with Crippen LogP contribution in [0.2, 0.25) is 0 Å². The Morgan fingerprint density at radius 3 is 2.70 bits per heavy atom. The molecule has 5 nitrogen and oxygen atoms in total. The second kappa shape index (κ2) is 5.23. The van der Waals surface area contributed by atoms with Crippen molar-refractivity contribution in [2.24, 2.45) is 0 Å². The van der Waals surface area contributed by atoms with Gasteiger partial charge in [0.1, 0.15) is 11.6 Å². The summed E-state index contributed by atoms with van der Waals surface area (Å²) in [5, 5.41) is 2.79. The summed E-state index contributed by atoms with van der Waals surface area (Å²) in [6.07, 6.45) is 2.31. The van der Waals surface area contributed by atoms with Crippen LogP contribution in [-0.4, -0.2) is 33.3 Å². The van der Waals surface area contributed by atoms with E-state index >= 15 is 0 Å². The Kier molecular flexibility index (Phi) is 3.79. The van der Waals surface area contributed by atoms with E-state index < -0.39 is 11.6 Å². The van der Waals surface area contributed by atoms with Gasteiger partial charge in [-0.25, -0.2) is 0 Å². The summed E-state index contributed by atoms with van der Waals surface area (Å²) < 4.78 is 0. The molecule has 2 rings (SSSR count). The predicted molar refractivity (Wildman–Crippen MR) is 75.8 cm³/mol. The molecule has 108 valence electrons. The molecule has 2 amide bonds. The summed E-state index contributed by atoms with van der Waals surface area (Å²) in [7, 11) is 0. The summed E-state index contributed by atoms with van der Waals surface area (Å²) in [5.41, 5.74) is 1.00. The molecule has 0 aromatic carbocycles. The van der Waals surface area contributed by atoms with Crippen LogP contribution in [0, 0.1) is 6.92 Å². The van der Waals surface area contributed by atoms with Crippen molar-refractivity contribution in [2.75, 3.05) is 0 Å². The summed E-state index contributed by atoms with van der Waals surface area (Å²) >= 11 is 0. The summed E-state index contributed by atoms with van der Waals surface area (Å²) in [6, 6.07) is 3.39. The topological polar surface area (TPSA) is 62.3 Å². The maximum absolute atomic E-state index is 12.5. The molecule has 20 heavy (non-hydrogen) atoms. The smallest absolute Gasteiger partial charge is 0.246 e. The van der Waals surface area contributed by atoms with Crippen molar-refractivity contribution in [1.29, 1.82) is 0 Å². The second-order valence-corrected chi connectivity index (χ2v) is 5.68. The van der Waals surface area contributed by atoms with Crippen molar-refractivity contribution in [1.82, 2.24) is 15.2 Å². The van der Waals surface area contributed by atoms with E-state index in [1.807, 2.05) is 26.0 Å². The van der Waals surface area contributed by atoms with Crippen molar-refractivity contribution in [2.45, 2.75) is 52.2 Å². The van der Waals surface area contributed by atoms with Gasteiger partial charge in [-0.1, -0.05) is 13.0 Å². The molecule has 1 unspecified atom stereocenters. The molecule has 0 saturated carbocycles. The second-order valence-electron chi connectivity index (χ2n) is 5.68. The van der Waals surface area contributed by atoms with Crippen LogP contribution >= 0.6 is 0 Å². The number of carbonyl (C=O) groups excluding carboxylic acids is 2. The Morgan fingerprint density at radius 1 is 1.40 bits per heavy atom. The van der Waals surface area contributed by atoms with E-state index in [1.54, 1.807) is 24.9 Å². The van der Waals surface area contributed by atoms with E-state index in [1.165, 1.54) is 0 Å². The highest BCUT2D eigenvalue weighted by molar-refractivity contribution is 5.99. The number of carbonyl (C=O) groups is 2. The molecule has 1 aliphatic rings. The molecule has 0 radical (unpaired) electrons. The van der Waals surface area contributed by atoms with E-state index in [-0.39, 0.29) is 11.8 Å². The largest absolute Gasteiger partial charge is 0.342 e. The van der Waals surface area contributed by atoms with Crippen LogP contribution in [0.1, 0.15) is 38.4 Å². The van der Waals surface area contributed by atoms with Gasteiger partial charge < -0.3 is 10.2 Å². The molecule has 5 heteroatoms. The van der Waals surface area contributed by atoms with Crippen molar-refractivity contribution >= 4 is 11.8 Å². The molecule has 0 aliphatic carbocycles. The number of aromatic nitrogens is 1. The fraction of sp³-hybridized carbons (Fsp3) is 0.533. The standard InChI is InChI=1S/C15H21N3O2/c1-5-11-13(19)18(15(3,4)14(20)17-11)9-12-10(2)7-6-8-16-12/h6-8,11H,5,9H2,1-4H3,(H,17,20). The first kappa shape index (κ1) is 14.5. The third-order valence-electron chi connectivity index (χ3n) is 3.93. The number of hydrogen-bond donors (Lipinski definition) is 1. The molecule has 1 fully saturated rings. The van der Waals surface area contributed by atoms with Crippen LogP contribution in [0.5, 0.6) is 0 Å². The number of hydrogen-bond acceptors (Lipinski definition) is 3. The zero-order valence-corrected chi connectivity index (χ0v) is 12.4. The van der Waals surface area contributed by atoms with Crippen LogP contribution < -0.4 is 5.32 Å². The van der Waals surface area contributed by atoms with Gasteiger partial charge in [-0.3, -0.25) is 14.6 Å². The molecule has 2 heterocycles. The molecule has 1 saturated heterocycles. The molecular weight excluding hydrogens is 254 g/mol. The van der Waals surface area contributed by atoms with Gasteiger partial charge in [0.25, 0.3) is 0 Å². The van der Waals surface area contributed by atoms with Crippen LogP contribution in [0.25, 0.3) is 0 Å².